The Labute approximate surface area is 48.9 Å². The number of hydrazine groups is 1. The molecule has 1 unspecified atom stereocenters. The van der Waals surface area contributed by atoms with Gasteiger partial charge in [-0.1, -0.05) is 0 Å². The summed E-state index contributed by atoms with van der Waals surface area (Å²) in [6, 6.07) is 0. The first-order valence-electron chi connectivity index (χ1n) is 2.44. The van der Waals surface area contributed by atoms with Crippen LogP contribution in [0.25, 0.3) is 0 Å². The smallest absolute Gasteiger partial charge is 0.152 e. The van der Waals surface area contributed by atoms with E-state index in [0.717, 1.165) is 0 Å². The zero-order chi connectivity index (χ0) is 5.98. The molecule has 0 saturated heterocycles. The van der Waals surface area contributed by atoms with Crippen LogP contribution in [-0.4, -0.2) is 25.4 Å². The maximum Gasteiger partial charge on any atom is 0.152 e. The van der Waals surface area contributed by atoms with Gasteiger partial charge in [0.05, 0.1) is 0 Å². The van der Waals surface area contributed by atoms with Crippen LogP contribution in [0.15, 0.2) is 6.20 Å². The Balaban J connectivity index is 2.34. The third kappa shape index (κ3) is 0.993. The van der Waals surface area contributed by atoms with E-state index in [-0.39, 0.29) is 6.23 Å². The van der Waals surface area contributed by atoms with E-state index in [4.69, 9.17) is 4.74 Å². The van der Waals surface area contributed by atoms with Gasteiger partial charge in [-0.15, -0.1) is 0 Å². The number of hydrogen-bond acceptors (Lipinski definition) is 3. The molecule has 1 atom stereocenters. The summed E-state index contributed by atoms with van der Waals surface area (Å²) in [7, 11) is 3.53. The van der Waals surface area contributed by atoms with Crippen LogP contribution in [0.5, 0.6) is 0 Å². The normalized spacial score (nSPS) is 27.2. The minimum absolute atomic E-state index is 0.0556. The summed E-state index contributed by atoms with van der Waals surface area (Å²) >= 11 is 0. The second-order valence-electron chi connectivity index (χ2n) is 1.65. The Bertz CT molecular complexity index is 103. The van der Waals surface area contributed by atoms with Gasteiger partial charge < -0.3 is 9.75 Å². The summed E-state index contributed by atoms with van der Waals surface area (Å²) in [5, 5.41) is 1.80. The standard InChI is InChI=1S/C5H9N2O/c1-7-4-3-5(6-7)8-2/h4-6H,1-2H3. The zero-order valence-corrected chi connectivity index (χ0v) is 5.01. The molecule has 0 aromatic heterocycles. The molecular weight excluding hydrogens is 104 g/mol. The van der Waals surface area contributed by atoms with Crippen molar-refractivity contribution in [2.45, 2.75) is 6.23 Å². The molecule has 0 aliphatic carbocycles. The van der Waals surface area contributed by atoms with Gasteiger partial charge in [-0.2, -0.15) is 0 Å². The molecular formula is C5H9N2O. The summed E-state index contributed by atoms with van der Waals surface area (Å²) in [6.07, 6.45) is 4.67. The average Bonchev–Trinajstić information content (AvgIpc) is 2.14. The van der Waals surface area contributed by atoms with Crippen molar-refractivity contribution in [2.24, 2.45) is 0 Å². The maximum absolute atomic E-state index is 4.89. The fraction of sp³-hybridized carbons (Fsp3) is 0.600. The molecule has 1 heterocycles. The van der Waals surface area contributed by atoms with Gasteiger partial charge in [-0.25, -0.2) is 5.43 Å². The lowest BCUT2D eigenvalue weighted by Gasteiger charge is -2.11. The van der Waals surface area contributed by atoms with Crippen LogP contribution < -0.4 is 5.43 Å². The van der Waals surface area contributed by atoms with Gasteiger partial charge in [0.1, 0.15) is 0 Å². The van der Waals surface area contributed by atoms with Gasteiger partial charge in [0.2, 0.25) is 0 Å². The number of nitrogens with one attached hydrogen (secondary N) is 1. The number of methoxy groups -OCH3 is 1. The van der Waals surface area contributed by atoms with E-state index in [0.29, 0.717) is 0 Å². The van der Waals surface area contributed by atoms with Crippen LogP contribution >= 0.6 is 0 Å². The molecule has 3 heteroatoms. The Hall–Kier alpha value is -0.540. The number of hydrogen-bond donors (Lipinski definition) is 1. The molecule has 1 aliphatic heterocycles. The SMILES string of the molecule is COC1[C]=CN(C)N1. The fourth-order valence-electron chi connectivity index (χ4n) is 0.560. The third-order valence-electron chi connectivity index (χ3n) is 0.976. The second-order valence-corrected chi connectivity index (χ2v) is 1.65. The van der Waals surface area contributed by atoms with E-state index in [1.54, 1.807) is 18.3 Å². The van der Waals surface area contributed by atoms with E-state index >= 15 is 0 Å². The minimum atomic E-state index is -0.0556. The Kier molecular flexibility index (Phi) is 1.50. The van der Waals surface area contributed by atoms with E-state index in [2.05, 4.69) is 11.5 Å². The van der Waals surface area contributed by atoms with Crippen LogP contribution in [-0.2, 0) is 4.74 Å². The predicted molar refractivity (Wildman–Crippen MR) is 29.5 cm³/mol. The van der Waals surface area contributed by atoms with E-state index in [9.17, 15) is 0 Å². The van der Waals surface area contributed by atoms with Gasteiger partial charge in [-0.3, -0.25) is 0 Å². The van der Waals surface area contributed by atoms with Crippen molar-refractivity contribution in [1.82, 2.24) is 10.4 Å². The van der Waals surface area contributed by atoms with Gasteiger partial charge in [0.25, 0.3) is 0 Å². The summed E-state index contributed by atoms with van der Waals surface area (Å²) in [6.45, 7) is 0. The van der Waals surface area contributed by atoms with Crippen LogP contribution in [0, 0.1) is 6.08 Å². The zero-order valence-electron chi connectivity index (χ0n) is 5.01. The number of nitrogens with zero attached hydrogens (tertiary/aromatic N) is 1. The van der Waals surface area contributed by atoms with Crippen molar-refractivity contribution >= 4 is 0 Å². The van der Waals surface area contributed by atoms with Crippen molar-refractivity contribution < 1.29 is 4.74 Å². The largest absolute Gasteiger partial charge is 0.361 e. The fourth-order valence-corrected chi connectivity index (χ4v) is 0.560. The molecule has 1 aliphatic rings. The van der Waals surface area contributed by atoms with Crippen molar-refractivity contribution in [1.29, 1.82) is 0 Å². The molecule has 45 valence electrons. The third-order valence-corrected chi connectivity index (χ3v) is 0.976. The highest BCUT2D eigenvalue weighted by Crippen LogP contribution is 1.95. The highest BCUT2D eigenvalue weighted by Gasteiger charge is 2.08. The molecule has 0 saturated carbocycles. The van der Waals surface area contributed by atoms with Gasteiger partial charge in [-0.05, 0) is 0 Å². The molecule has 0 spiro atoms. The van der Waals surface area contributed by atoms with Gasteiger partial charge >= 0.3 is 0 Å². The van der Waals surface area contributed by atoms with E-state index in [1.807, 2.05) is 7.05 Å². The molecule has 8 heavy (non-hydrogen) atoms. The summed E-state index contributed by atoms with van der Waals surface area (Å²) in [5.74, 6) is 0. The highest BCUT2D eigenvalue weighted by molar-refractivity contribution is 4.83. The van der Waals surface area contributed by atoms with Crippen molar-refractivity contribution in [2.75, 3.05) is 14.2 Å². The summed E-state index contributed by atoms with van der Waals surface area (Å²) < 4.78 is 4.89. The molecule has 0 bridgehead atoms. The average molecular weight is 113 g/mol. The van der Waals surface area contributed by atoms with Crippen LogP contribution in [0.4, 0.5) is 0 Å². The van der Waals surface area contributed by atoms with Crippen molar-refractivity contribution in [3.63, 3.8) is 0 Å². The molecule has 0 aromatic rings. The Morgan fingerprint density at radius 2 is 2.62 bits per heavy atom. The lowest BCUT2D eigenvalue weighted by molar-refractivity contribution is 0.0765. The summed E-state index contributed by atoms with van der Waals surface area (Å²) in [4.78, 5) is 0. The predicted octanol–water partition coefficient (Wildman–Crippen LogP) is -0.274. The topological polar surface area (TPSA) is 24.5 Å². The van der Waals surface area contributed by atoms with Gasteiger partial charge in [0.15, 0.2) is 6.23 Å². The first-order valence-corrected chi connectivity index (χ1v) is 2.44. The van der Waals surface area contributed by atoms with Crippen LogP contribution in [0.2, 0.25) is 0 Å². The van der Waals surface area contributed by atoms with E-state index in [1.165, 1.54) is 0 Å². The molecule has 1 rings (SSSR count). The lowest BCUT2D eigenvalue weighted by Crippen LogP contribution is -2.33. The van der Waals surface area contributed by atoms with E-state index < -0.39 is 0 Å². The molecule has 1 N–H and O–H groups in total. The van der Waals surface area contributed by atoms with Crippen LogP contribution in [0.1, 0.15) is 0 Å². The van der Waals surface area contributed by atoms with Crippen molar-refractivity contribution in [3.8, 4) is 0 Å². The first kappa shape index (κ1) is 5.59. The molecule has 0 fully saturated rings. The Morgan fingerprint density at radius 1 is 1.88 bits per heavy atom. The minimum Gasteiger partial charge on any atom is -0.361 e. The first-order chi connectivity index (χ1) is 3.83. The van der Waals surface area contributed by atoms with Gasteiger partial charge in [0, 0.05) is 26.4 Å². The van der Waals surface area contributed by atoms with Crippen molar-refractivity contribution in [3.05, 3.63) is 12.3 Å². The van der Waals surface area contributed by atoms with Crippen LogP contribution in [0.3, 0.4) is 0 Å². The highest BCUT2D eigenvalue weighted by atomic mass is 16.5. The molecule has 3 nitrogen and oxygen atoms in total. The molecule has 0 aromatic carbocycles. The Morgan fingerprint density at radius 3 is 2.88 bits per heavy atom. The quantitative estimate of drug-likeness (QED) is 0.506. The monoisotopic (exact) mass is 113 g/mol. The molecule has 0 amide bonds. The number of ether oxygens (including phenoxy) is 1. The second kappa shape index (κ2) is 2.15. The molecule has 1 radical (unpaired) electrons. The number of rotatable bonds is 1. The summed E-state index contributed by atoms with van der Waals surface area (Å²) in [5.41, 5.74) is 2.95. The lowest BCUT2D eigenvalue weighted by atomic mass is 10.6. The maximum atomic E-state index is 4.89.